The number of nitrogen functional groups attached to an aromatic ring is 1. The second-order valence-electron chi connectivity index (χ2n) is 2.77. The molecule has 1 aromatic carbocycles. The van der Waals surface area contributed by atoms with Gasteiger partial charge in [0.15, 0.2) is 0 Å². The third-order valence-corrected chi connectivity index (χ3v) is 2.43. The number of carboxylic acids is 1. The maximum absolute atomic E-state index is 12.9. The van der Waals surface area contributed by atoms with Crippen LogP contribution in [0.3, 0.4) is 0 Å². The first kappa shape index (κ1) is 11.6. The molecule has 1 rings (SSSR count). The van der Waals surface area contributed by atoms with E-state index in [1.807, 2.05) is 0 Å². The highest BCUT2D eigenvalue weighted by Crippen LogP contribution is 2.21. The molecule has 1 aromatic rings. The van der Waals surface area contributed by atoms with Crippen molar-refractivity contribution < 1.29 is 14.3 Å². The fourth-order valence-electron chi connectivity index (χ4n) is 0.961. The van der Waals surface area contributed by atoms with Crippen LogP contribution < -0.4 is 5.73 Å². The quantitative estimate of drug-likeness (QED) is 0.470. The average molecular weight is 227 g/mol. The smallest absolute Gasteiger partial charge is 0.328 e. The number of rotatable bonds is 4. The van der Waals surface area contributed by atoms with E-state index in [4.69, 9.17) is 10.8 Å². The fraction of sp³-hybridized carbons (Fsp3) is 0.100. The highest BCUT2D eigenvalue weighted by molar-refractivity contribution is 7.99. The minimum absolute atomic E-state index is 0.361. The summed E-state index contributed by atoms with van der Waals surface area (Å²) in [4.78, 5) is 10.8. The molecule has 0 bridgehead atoms. The van der Waals surface area contributed by atoms with E-state index in [2.05, 4.69) is 0 Å². The Morgan fingerprint density at radius 3 is 2.87 bits per heavy atom. The van der Waals surface area contributed by atoms with E-state index < -0.39 is 5.97 Å². The molecule has 3 nitrogen and oxygen atoms in total. The number of carboxylic acid groups (broad SMARTS) is 1. The molecule has 5 heteroatoms. The van der Waals surface area contributed by atoms with Crippen LogP contribution in [-0.4, -0.2) is 16.8 Å². The summed E-state index contributed by atoms with van der Waals surface area (Å²) < 4.78 is 12.9. The summed E-state index contributed by atoms with van der Waals surface area (Å²) in [5.41, 5.74) is 5.81. The minimum atomic E-state index is -0.991. The van der Waals surface area contributed by atoms with Crippen molar-refractivity contribution in [1.29, 1.82) is 0 Å². The molecule has 0 fully saturated rings. The number of halogens is 1. The zero-order valence-corrected chi connectivity index (χ0v) is 8.63. The largest absolute Gasteiger partial charge is 0.478 e. The molecule has 3 N–H and O–H groups in total. The van der Waals surface area contributed by atoms with Gasteiger partial charge in [-0.2, -0.15) is 0 Å². The van der Waals surface area contributed by atoms with Crippen molar-refractivity contribution in [2.75, 3.05) is 11.5 Å². The van der Waals surface area contributed by atoms with Crippen LogP contribution in [0.2, 0.25) is 0 Å². The summed E-state index contributed by atoms with van der Waals surface area (Å²) in [5, 5.41) is 8.32. The van der Waals surface area contributed by atoms with E-state index in [0.29, 0.717) is 16.3 Å². The molecule has 0 atom stereocenters. The van der Waals surface area contributed by atoms with E-state index in [1.54, 1.807) is 6.07 Å². The summed E-state index contributed by atoms with van der Waals surface area (Å²) in [6.45, 7) is 0. The van der Waals surface area contributed by atoms with Crippen LogP contribution in [0.25, 0.3) is 0 Å². The van der Waals surface area contributed by atoms with E-state index in [-0.39, 0.29) is 5.82 Å². The SMILES string of the molecule is Nc1cc(F)cc(SC/C=C/C(=O)O)c1. The van der Waals surface area contributed by atoms with Crippen LogP contribution in [0.1, 0.15) is 0 Å². The lowest BCUT2D eigenvalue weighted by molar-refractivity contribution is -0.131. The topological polar surface area (TPSA) is 63.3 Å². The third-order valence-electron chi connectivity index (χ3n) is 1.50. The third kappa shape index (κ3) is 4.51. The van der Waals surface area contributed by atoms with Gasteiger partial charge in [0, 0.05) is 22.4 Å². The first-order valence-corrected chi connectivity index (χ1v) is 5.15. The maximum atomic E-state index is 12.9. The van der Waals surface area contributed by atoms with Crippen molar-refractivity contribution >= 4 is 23.4 Å². The number of anilines is 1. The van der Waals surface area contributed by atoms with E-state index in [9.17, 15) is 9.18 Å². The zero-order chi connectivity index (χ0) is 11.3. The molecule has 0 unspecified atom stereocenters. The van der Waals surface area contributed by atoms with Crippen molar-refractivity contribution in [1.82, 2.24) is 0 Å². The molecule has 0 aromatic heterocycles. The Kier molecular flexibility index (Phi) is 4.17. The molecule has 0 saturated heterocycles. The second kappa shape index (κ2) is 5.41. The van der Waals surface area contributed by atoms with Gasteiger partial charge in [0.2, 0.25) is 0 Å². The molecule has 0 aliphatic heterocycles. The van der Waals surface area contributed by atoms with Crippen LogP contribution in [0.5, 0.6) is 0 Å². The fourth-order valence-corrected chi connectivity index (χ4v) is 1.76. The van der Waals surface area contributed by atoms with Gasteiger partial charge >= 0.3 is 5.97 Å². The number of aliphatic carboxylic acids is 1. The van der Waals surface area contributed by atoms with Gasteiger partial charge in [-0.15, -0.1) is 11.8 Å². The van der Waals surface area contributed by atoms with Gasteiger partial charge in [-0.25, -0.2) is 9.18 Å². The standard InChI is InChI=1S/C10H10FNO2S/c11-7-4-8(12)6-9(5-7)15-3-1-2-10(13)14/h1-2,4-6H,3,12H2,(H,13,14)/b2-1+. The lowest BCUT2D eigenvalue weighted by Gasteiger charge is -2.00. The average Bonchev–Trinajstić information content (AvgIpc) is 2.10. The molecule has 0 aliphatic carbocycles. The van der Waals surface area contributed by atoms with Gasteiger partial charge in [0.05, 0.1) is 0 Å². The summed E-state index contributed by atoms with van der Waals surface area (Å²) >= 11 is 1.32. The summed E-state index contributed by atoms with van der Waals surface area (Å²) in [6, 6.07) is 4.23. The number of hydrogen-bond acceptors (Lipinski definition) is 3. The molecule has 0 amide bonds. The summed E-state index contributed by atoms with van der Waals surface area (Å²) in [6.07, 6.45) is 2.55. The number of nitrogens with two attached hydrogens (primary N) is 1. The van der Waals surface area contributed by atoms with Crippen molar-refractivity contribution in [2.45, 2.75) is 4.90 Å². The van der Waals surface area contributed by atoms with E-state index in [1.165, 1.54) is 30.0 Å². The van der Waals surface area contributed by atoms with Crippen LogP contribution in [-0.2, 0) is 4.79 Å². The van der Waals surface area contributed by atoms with E-state index in [0.717, 1.165) is 6.08 Å². The van der Waals surface area contributed by atoms with Gasteiger partial charge in [-0.1, -0.05) is 6.08 Å². The van der Waals surface area contributed by atoms with Crippen molar-refractivity contribution in [3.8, 4) is 0 Å². The molecule has 0 saturated carbocycles. The first-order valence-electron chi connectivity index (χ1n) is 4.16. The zero-order valence-electron chi connectivity index (χ0n) is 7.81. The Balaban J connectivity index is 2.54. The molecule has 0 aliphatic rings. The van der Waals surface area contributed by atoms with Crippen molar-refractivity contribution in [3.05, 3.63) is 36.2 Å². The molecular weight excluding hydrogens is 217 g/mol. The monoisotopic (exact) mass is 227 g/mol. The van der Waals surface area contributed by atoms with Gasteiger partial charge < -0.3 is 10.8 Å². The Labute approximate surface area is 90.8 Å². The Morgan fingerprint density at radius 2 is 2.27 bits per heavy atom. The van der Waals surface area contributed by atoms with Crippen LogP contribution in [0, 0.1) is 5.82 Å². The van der Waals surface area contributed by atoms with Crippen LogP contribution in [0.15, 0.2) is 35.2 Å². The minimum Gasteiger partial charge on any atom is -0.478 e. The number of thioether (sulfide) groups is 1. The van der Waals surface area contributed by atoms with Gasteiger partial charge in [0.25, 0.3) is 0 Å². The Morgan fingerprint density at radius 1 is 1.53 bits per heavy atom. The summed E-state index contributed by atoms with van der Waals surface area (Å²) in [7, 11) is 0. The van der Waals surface area contributed by atoms with Gasteiger partial charge in [-0.05, 0) is 18.2 Å². The highest BCUT2D eigenvalue weighted by atomic mass is 32.2. The number of benzene rings is 1. The molecule has 0 heterocycles. The predicted octanol–water partition coefficient (Wildman–Crippen LogP) is 2.14. The van der Waals surface area contributed by atoms with E-state index >= 15 is 0 Å². The molecule has 0 radical (unpaired) electrons. The molecule has 80 valence electrons. The van der Waals surface area contributed by atoms with Crippen molar-refractivity contribution in [2.24, 2.45) is 0 Å². The Hall–Kier alpha value is -1.49. The normalized spacial score (nSPS) is 10.7. The number of hydrogen-bond donors (Lipinski definition) is 2. The lowest BCUT2D eigenvalue weighted by Crippen LogP contribution is -1.88. The summed E-state index contributed by atoms with van der Waals surface area (Å²) in [5.74, 6) is -0.913. The lowest BCUT2D eigenvalue weighted by atomic mass is 10.3. The van der Waals surface area contributed by atoms with Crippen molar-refractivity contribution in [3.63, 3.8) is 0 Å². The predicted molar refractivity (Wildman–Crippen MR) is 58.3 cm³/mol. The van der Waals surface area contributed by atoms with Crippen LogP contribution >= 0.6 is 11.8 Å². The number of carbonyl (C=O) groups is 1. The highest BCUT2D eigenvalue weighted by Gasteiger charge is 1.98. The first-order chi connectivity index (χ1) is 7.08. The molecular formula is C10H10FNO2S. The Bertz CT molecular complexity index is 373. The van der Waals surface area contributed by atoms with Gasteiger partial charge in [-0.3, -0.25) is 0 Å². The van der Waals surface area contributed by atoms with Crippen LogP contribution in [0.4, 0.5) is 10.1 Å². The molecule has 0 spiro atoms. The molecule has 15 heavy (non-hydrogen) atoms. The van der Waals surface area contributed by atoms with Gasteiger partial charge in [0.1, 0.15) is 5.82 Å². The second-order valence-corrected chi connectivity index (χ2v) is 3.87. The maximum Gasteiger partial charge on any atom is 0.328 e.